The highest BCUT2D eigenvalue weighted by molar-refractivity contribution is 7.13. The molecule has 1 aromatic carbocycles. The Morgan fingerprint density at radius 2 is 2.04 bits per heavy atom. The normalized spacial score (nSPS) is 10.6. The summed E-state index contributed by atoms with van der Waals surface area (Å²) in [5.41, 5.74) is 0.622. The van der Waals surface area contributed by atoms with Gasteiger partial charge in [0.05, 0.1) is 11.4 Å². The minimum atomic E-state index is -0.286. The summed E-state index contributed by atoms with van der Waals surface area (Å²) in [5, 5.41) is 9.14. The van der Waals surface area contributed by atoms with Crippen LogP contribution in [0.5, 0.6) is 0 Å². The largest absolute Gasteiger partial charge is 0.339 e. The highest BCUT2D eigenvalue weighted by Gasteiger charge is 2.16. The molecule has 0 fully saturated rings. The number of anilines is 1. The van der Waals surface area contributed by atoms with E-state index < -0.39 is 0 Å². The maximum absolute atomic E-state index is 12.2. The van der Waals surface area contributed by atoms with Gasteiger partial charge in [0.15, 0.2) is 0 Å². The molecule has 7 nitrogen and oxygen atoms in total. The van der Waals surface area contributed by atoms with Crippen molar-refractivity contribution in [1.82, 2.24) is 15.0 Å². The quantitative estimate of drug-likeness (QED) is 0.651. The number of amides is 2. The Balaban J connectivity index is 1.46. The zero-order valence-electron chi connectivity index (χ0n) is 14.5. The molecular formula is C18H17ClN4O3S. The van der Waals surface area contributed by atoms with E-state index in [1.807, 2.05) is 17.5 Å². The van der Waals surface area contributed by atoms with E-state index in [0.29, 0.717) is 28.8 Å². The number of hydrogen-bond acceptors (Lipinski definition) is 6. The van der Waals surface area contributed by atoms with Crippen LogP contribution >= 0.6 is 22.9 Å². The maximum atomic E-state index is 12.2. The first kappa shape index (κ1) is 19.1. The number of carbonyl (C=O) groups is 2. The van der Waals surface area contributed by atoms with Crippen LogP contribution in [0, 0.1) is 0 Å². The molecule has 2 heterocycles. The fourth-order valence-electron chi connectivity index (χ4n) is 2.30. The molecule has 0 saturated heterocycles. The molecule has 2 aromatic heterocycles. The van der Waals surface area contributed by atoms with Gasteiger partial charge in [-0.25, -0.2) is 0 Å². The van der Waals surface area contributed by atoms with Gasteiger partial charge in [0.2, 0.25) is 23.5 Å². The van der Waals surface area contributed by atoms with Crippen molar-refractivity contribution < 1.29 is 14.1 Å². The number of hydrogen-bond donors (Lipinski definition) is 1. The number of rotatable bonds is 7. The molecule has 0 aliphatic heterocycles. The molecule has 9 heteroatoms. The predicted molar refractivity (Wildman–Crippen MR) is 104 cm³/mol. The van der Waals surface area contributed by atoms with Gasteiger partial charge in [0.25, 0.3) is 0 Å². The highest BCUT2D eigenvalue weighted by Crippen LogP contribution is 2.21. The molecule has 0 bridgehead atoms. The molecule has 3 rings (SSSR count). The van der Waals surface area contributed by atoms with Crippen LogP contribution in [0.2, 0.25) is 5.02 Å². The second-order valence-electron chi connectivity index (χ2n) is 5.79. The first-order valence-corrected chi connectivity index (χ1v) is 9.43. The van der Waals surface area contributed by atoms with Crippen molar-refractivity contribution in [1.29, 1.82) is 0 Å². The fraction of sp³-hybridized carbons (Fsp3) is 0.222. The van der Waals surface area contributed by atoms with Gasteiger partial charge < -0.3 is 14.7 Å². The molecule has 1 N–H and O–H groups in total. The molecule has 0 spiro atoms. The number of carbonyl (C=O) groups excluding carboxylic acids is 2. The number of thiophene rings is 1. The molecule has 0 aliphatic rings. The summed E-state index contributed by atoms with van der Waals surface area (Å²) in [6.07, 6.45) is 0.497. The molecule has 2 amide bonds. The van der Waals surface area contributed by atoms with Gasteiger partial charge in [-0.15, -0.1) is 11.3 Å². The van der Waals surface area contributed by atoms with Crippen LogP contribution in [0.4, 0.5) is 5.69 Å². The van der Waals surface area contributed by atoms with Gasteiger partial charge in [-0.3, -0.25) is 9.59 Å². The van der Waals surface area contributed by atoms with Gasteiger partial charge >= 0.3 is 0 Å². The first-order chi connectivity index (χ1) is 13.0. The monoisotopic (exact) mass is 404 g/mol. The van der Waals surface area contributed by atoms with Crippen LogP contribution in [0.1, 0.15) is 12.3 Å². The van der Waals surface area contributed by atoms with Crippen molar-refractivity contribution in [2.24, 2.45) is 0 Å². The average molecular weight is 405 g/mol. The number of nitrogens with one attached hydrogen (secondary N) is 1. The molecule has 0 saturated carbocycles. The Labute approximate surface area is 164 Å². The van der Waals surface area contributed by atoms with Gasteiger partial charge in [0.1, 0.15) is 0 Å². The topological polar surface area (TPSA) is 88.3 Å². The van der Waals surface area contributed by atoms with E-state index in [1.165, 1.54) is 16.2 Å². The molecule has 0 atom stereocenters. The third kappa shape index (κ3) is 5.38. The highest BCUT2D eigenvalue weighted by atomic mass is 35.5. The molecule has 0 unspecified atom stereocenters. The second kappa shape index (κ2) is 8.79. The number of nitrogens with zero attached hydrogens (tertiary/aromatic N) is 3. The molecule has 0 aliphatic carbocycles. The summed E-state index contributed by atoms with van der Waals surface area (Å²) in [4.78, 5) is 30.8. The molecule has 3 aromatic rings. The molecule has 140 valence electrons. The Morgan fingerprint density at radius 1 is 1.26 bits per heavy atom. The van der Waals surface area contributed by atoms with Gasteiger partial charge in [-0.05, 0) is 35.7 Å². The van der Waals surface area contributed by atoms with Gasteiger partial charge in [0, 0.05) is 30.6 Å². The van der Waals surface area contributed by atoms with Crippen LogP contribution in [0.15, 0.2) is 46.3 Å². The van der Waals surface area contributed by atoms with Gasteiger partial charge in [-0.1, -0.05) is 22.8 Å². The van der Waals surface area contributed by atoms with Crippen LogP contribution in [0.3, 0.4) is 0 Å². The second-order valence-corrected chi connectivity index (χ2v) is 7.18. The molecule has 0 radical (unpaired) electrons. The first-order valence-electron chi connectivity index (χ1n) is 8.17. The van der Waals surface area contributed by atoms with Crippen molar-refractivity contribution in [3.8, 4) is 10.7 Å². The van der Waals surface area contributed by atoms with E-state index in [0.717, 1.165) is 4.88 Å². The summed E-state index contributed by atoms with van der Waals surface area (Å²) in [6.45, 7) is -0.0499. The minimum Gasteiger partial charge on any atom is -0.339 e. The van der Waals surface area contributed by atoms with Crippen LogP contribution in [-0.4, -0.2) is 40.4 Å². The maximum Gasteiger partial charge on any atom is 0.243 e. The Kier molecular flexibility index (Phi) is 6.20. The average Bonchev–Trinajstić information content (AvgIpc) is 3.33. The van der Waals surface area contributed by atoms with E-state index in [2.05, 4.69) is 15.5 Å². The molecular weight excluding hydrogens is 388 g/mol. The van der Waals surface area contributed by atoms with E-state index in [1.54, 1.807) is 31.3 Å². The Hall–Kier alpha value is -2.71. The van der Waals surface area contributed by atoms with Crippen LogP contribution < -0.4 is 5.32 Å². The number of halogens is 1. The van der Waals surface area contributed by atoms with E-state index in [-0.39, 0.29) is 24.8 Å². The lowest BCUT2D eigenvalue weighted by molar-refractivity contribution is -0.133. The number of aromatic nitrogens is 2. The van der Waals surface area contributed by atoms with Crippen molar-refractivity contribution >= 4 is 40.4 Å². The molecule has 27 heavy (non-hydrogen) atoms. The minimum absolute atomic E-state index is 0.0499. The fourth-order valence-corrected chi connectivity index (χ4v) is 3.08. The SMILES string of the molecule is CN(CC(=O)Nc1ccc(Cl)cc1)C(=O)CCc1nc(-c2cccs2)no1. The summed E-state index contributed by atoms with van der Waals surface area (Å²) in [5.74, 6) is 0.442. The van der Waals surface area contributed by atoms with Crippen molar-refractivity contribution in [3.63, 3.8) is 0 Å². The standard InChI is InChI=1S/C18H17ClN4O3S/c1-23(11-15(24)20-13-6-4-12(19)5-7-13)17(25)9-8-16-21-18(22-26-16)14-3-2-10-27-14/h2-7,10H,8-9,11H2,1H3,(H,20,24). The third-order valence-electron chi connectivity index (χ3n) is 3.70. The lowest BCUT2D eigenvalue weighted by atomic mass is 10.2. The Bertz CT molecular complexity index is 909. The van der Waals surface area contributed by atoms with Crippen LogP contribution in [0.25, 0.3) is 10.7 Å². The summed E-state index contributed by atoms with van der Waals surface area (Å²) in [6, 6.07) is 10.6. The lowest BCUT2D eigenvalue weighted by Gasteiger charge is -2.16. The van der Waals surface area contributed by atoms with Crippen molar-refractivity contribution in [2.45, 2.75) is 12.8 Å². The van der Waals surface area contributed by atoms with Crippen LogP contribution in [-0.2, 0) is 16.0 Å². The van der Waals surface area contributed by atoms with E-state index in [4.69, 9.17) is 16.1 Å². The smallest absolute Gasteiger partial charge is 0.243 e. The van der Waals surface area contributed by atoms with Gasteiger partial charge in [-0.2, -0.15) is 4.98 Å². The van der Waals surface area contributed by atoms with E-state index >= 15 is 0 Å². The zero-order chi connectivity index (χ0) is 19.2. The summed E-state index contributed by atoms with van der Waals surface area (Å²) in [7, 11) is 1.58. The number of benzene rings is 1. The van der Waals surface area contributed by atoms with E-state index in [9.17, 15) is 9.59 Å². The predicted octanol–water partition coefficient (Wildman–Crippen LogP) is 3.48. The van der Waals surface area contributed by atoms with Crippen molar-refractivity contribution in [3.05, 3.63) is 52.7 Å². The number of aryl methyl sites for hydroxylation is 1. The lowest BCUT2D eigenvalue weighted by Crippen LogP contribution is -2.35. The Morgan fingerprint density at radius 3 is 2.74 bits per heavy atom. The summed E-state index contributed by atoms with van der Waals surface area (Å²) >= 11 is 7.32. The summed E-state index contributed by atoms with van der Waals surface area (Å²) < 4.78 is 5.17. The van der Waals surface area contributed by atoms with Crippen molar-refractivity contribution in [2.75, 3.05) is 18.9 Å². The zero-order valence-corrected chi connectivity index (χ0v) is 16.1. The third-order valence-corrected chi connectivity index (χ3v) is 4.81. The number of likely N-dealkylation sites (N-methyl/N-ethyl adjacent to an activating group) is 1.